The molecule has 1 aromatic heterocycles. The van der Waals surface area contributed by atoms with Crippen LogP contribution in [0, 0.1) is 6.92 Å². The Morgan fingerprint density at radius 3 is 2.81 bits per heavy atom. The van der Waals surface area contributed by atoms with Crippen molar-refractivity contribution in [1.82, 2.24) is 25.1 Å². The van der Waals surface area contributed by atoms with Gasteiger partial charge in [0.05, 0.1) is 6.10 Å². The maximum Gasteiger partial charge on any atom is 0.246 e. The number of carbonyl (C=O) groups is 1. The molecule has 1 atom stereocenters. The van der Waals surface area contributed by atoms with E-state index in [1.165, 1.54) is 4.80 Å². The summed E-state index contributed by atoms with van der Waals surface area (Å²) in [4.78, 5) is 15.0. The van der Waals surface area contributed by atoms with Crippen molar-refractivity contribution in [3.05, 3.63) is 29.8 Å². The van der Waals surface area contributed by atoms with Gasteiger partial charge in [-0.05, 0) is 18.6 Å². The minimum atomic E-state index is -0.416. The van der Waals surface area contributed by atoms with Crippen LogP contribution in [0.15, 0.2) is 24.3 Å². The normalized spacial score (nSPS) is 18.2. The zero-order valence-electron chi connectivity index (χ0n) is 11.8. The average molecular weight is 287 g/mol. The van der Waals surface area contributed by atoms with E-state index in [1.54, 1.807) is 4.90 Å². The Labute approximate surface area is 122 Å². The molecule has 2 heterocycles. The Kier molecular flexibility index (Phi) is 3.66. The topological polar surface area (TPSA) is 84.1 Å². The number of aliphatic hydroxyl groups excluding tert-OH is 1. The Balaban J connectivity index is 1.67. The number of amides is 1. The highest BCUT2D eigenvalue weighted by Gasteiger charge is 2.25. The van der Waals surface area contributed by atoms with Crippen molar-refractivity contribution in [2.75, 3.05) is 13.1 Å². The summed E-state index contributed by atoms with van der Waals surface area (Å²) in [5.41, 5.74) is 2.03. The largest absolute Gasteiger partial charge is 0.391 e. The summed E-state index contributed by atoms with van der Waals surface area (Å²) in [5, 5.41) is 21.6. The van der Waals surface area contributed by atoms with Gasteiger partial charge < -0.3 is 10.0 Å². The van der Waals surface area contributed by atoms with Crippen LogP contribution in [0.2, 0.25) is 0 Å². The molecule has 7 heteroatoms. The molecule has 1 amide bonds. The zero-order valence-corrected chi connectivity index (χ0v) is 11.8. The van der Waals surface area contributed by atoms with Crippen LogP contribution >= 0.6 is 0 Å². The van der Waals surface area contributed by atoms with E-state index in [-0.39, 0.29) is 12.5 Å². The lowest BCUT2D eigenvalue weighted by atomic mass is 10.1. The lowest BCUT2D eigenvalue weighted by Crippen LogP contribution is -2.33. The third-order valence-electron chi connectivity index (χ3n) is 3.56. The van der Waals surface area contributed by atoms with Crippen LogP contribution in [-0.2, 0) is 11.3 Å². The Hall–Kier alpha value is -2.28. The third-order valence-corrected chi connectivity index (χ3v) is 3.56. The number of benzene rings is 1. The van der Waals surface area contributed by atoms with Gasteiger partial charge in [0.2, 0.25) is 11.7 Å². The second-order valence-electron chi connectivity index (χ2n) is 5.29. The predicted molar refractivity (Wildman–Crippen MR) is 75.2 cm³/mol. The smallest absolute Gasteiger partial charge is 0.246 e. The number of aryl methyl sites for hydroxylation is 1. The van der Waals surface area contributed by atoms with Gasteiger partial charge in [0.25, 0.3) is 0 Å². The summed E-state index contributed by atoms with van der Waals surface area (Å²) in [7, 11) is 0. The molecule has 0 saturated carbocycles. The Bertz CT molecular complexity index is 637. The van der Waals surface area contributed by atoms with Gasteiger partial charge in [0, 0.05) is 18.7 Å². The first-order valence-electron chi connectivity index (χ1n) is 6.92. The minimum Gasteiger partial charge on any atom is -0.391 e. The van der Waals surface area contributed by atoms with Crippen molar-refractivity contribution in [2.45, 2.75) is 26.0 Å². The van der Waals surface area contributed by atoms with Gasteiger partial charge in [-0.15, -0.1) is 10.2 Å². The second kappa shape index (κ2) is 5.61. The molecule has 1 aliphatic rings. The number of carbonyl (C=O) groups excluding carboxylic acids is 1. The first-order chi connectivity index (χ1) is 10.1. The molecule has 0 bridgehead atoms. The summed E-state index contributed by atoms with van der Waals surface area (Å²) >= 11 is 0. The number of hydrogen-bond donors (Lipinski definition) is 1. The van der Waals surface area contributed by atoms with Gasteiger partial charge in [-0.2, -0.15) is 4.80 Å². The van der Waals surface area contributed by atoms with Crippen LogP contribution in [0.3, 0.4) is 0 Å². The molecule has 1 aliphatic heterocycles. The number of hydrogen-bond acceptors (Lipinski definition) is 5. The summed E-state index contributed by atoms with van der Waals surface area (Å²) in [6.07, 6.45) is 0.214. The molecule has 110 valence electrons. The number of tetrazole rings is 1. The molecule has 1 fully saturated rings. The van der Waals surface area contributed by atoms with E-state index in [0.717, 1.165) is 11.1 Å². The highest BCUT2D eigenvalue weighted by Crippen LogP contribution is 2.14. The van der Waals surface area contributed by atoms with Crippen LogP contribution < -0.4 is 0 Å². The van der Waals surface area contributed by atoms with Gasteiger partial charge in [-0.3, -0.25) is 4.79 Å². The maximum atomic E-state index is 12.0. The second-order valence-corrected chi connectivity index (χ2v) is 5.29. The van der Waals surface area contributed by atoms with E-state index >= 15 is 0 Å². The van der Waals surface area contributed by atoms with Crippen LogP contribution in [0.5, 0.6) is 0 Å². The molecule has 1 N–H and O–H groups in total. The van der Waals surface area contributed by atoms with Crippen molar-refractivity contribution in [1.29, 1.82) is 0 Å². The van der Waals surface area contributed by atoms with Gasteiger partial charge in [-0.1, -0.05) is 29.8 Å². The number of nitrogens with zero attached hydrogens (tertiary/aromatic N) is 5. The summed E-state index contributed by atoms with van der Waals surface area (Å²) < 4.78 is 0. The van der Waals surface area contributed by atoms with E-state index in [4.69, 9.17) is 0 Å². The van der Waals surface area contributed by atoms with E-state index in [9.17, 15) is 9.90 Å². The first-order valence-corrected chi connectivity index (χ1v) is 6.92. The average Bonchev–Trinajstić information content (AvgIpc) is 3.09. The number of rotatable bonds is 3. The number of aliphatic hydroxyl groups is 1. The van der Waals surface area contributed by atoms with Crippen LogP contribution in [0.25, 0.3) is 11.4 Å². The van der Waals surface area contributed by atoms with Crippen molar-refractivity contribution in [2.24, 2.45) is 0 Å². The van der Waals surface area contributed by atoms with E-state index in [0.29, 0.717) is 25.3 Å². The molecule has 1 aromatic carbocycles. The van der Waals surface area contributed by atoms with Crippen molar-refractivity contribution in [3.63, 3.8) is 0 Å². The predicted octanol–water partition coefficient (Wildman–Crippen LogP) is 0.242. The van der Waals surface area contributed by atoms with Crippen LogP contribution in [-0.4, -0.2) is 55.3 Å². The quantitative estimate of drug-likeness (QED) is 0.874. The molecule has 0 radical (unpaired) electrons. The highest BCUT2D eigenvalue weighted by atomic mass is 16.3. The summed E-state index contributed by atoms with van der Waals surface area (Å²) in [6, 6.07) is 7.81. The van der Waals surface area contributed by atoms with Gasteiger partial charge in [0.1, 0.15) is 6.54 Å². The Morgan fingerprint density at radius 1 is 1.38 bits per heavy atom. The fourth-order valence-corrected chi connectivity index (χ4v) is 2.32. The standard InChI is InChI=1S/C14H17N5O2/c1-10-2-4-11(5-3-10)14-15-17-19(16-14)9-13(21)18-7-6-12(20)8-18/h2-5,12,20H,6-9H2,1H3/t12-/m0/s1. The lowest BCUT2D eigenvalue weighted by molar-refractivity contribution is -0.131. The van der Waals surface area contributed by atoms with Crippen molar-refractivity contribution in [3.8, 4) is 11.4 Å². The molecule has 2 aromatic rings. The number of likely N-dealkylation sites (tertiary alicyclic amines) is 1. The monoisotopic (exact) mass is 287 g/mol. The lowest BCUT2D eigenvalue weighted by Gasteiger charge is -2.14. The molecule has 1 saturated heterocycles. The SMILES string of the molecule is Cc1ccc(-c2nnn(CC(=O)N3CC[C@H](O)C3)n2)cc1. The van der Waals surface area contributed by atoms with Gasteiger partial charge >= 0.3 is 0 Å². The van der Waals surface area contributed by atoms with Crippen molar-refractivity contribution >= 4 is 5.91 Å². The molecule has 21 heavy (non-hydrogen) atoms. The number of aromatic nitrogens is 4. The van der Waals surface area contributed by atoms with E-state index in [1.807, 2.05) is 31.2 Å². The fraction of sp³-hybridized carbons (Fsp3) is 0.429. The number of β-amino-alcohol motifs (C(OH)–C–C–N with tert-alkyl or cyclic N) is 1. The molecule has 0 unspecified atom stereocenters. The first kappa shape index (κ1) is 13.7. The Morgan fingerprint density at radius 2 is 2.14 bits per heavy atom. The minimum absolute atomic E-state index is 0.0472. The van der Waals surface area contributed by atoms with Crippen molar-refractivity contribution < 1.29 is 9.90 Å². The molecular weight excluding hydrogens is 270 g/mol. The maximum absolute atomic E-state index is 12.0. The van der Waals surface area contributed by atoms with E-state index in [2.05, 4.69) is 15.4 Å². The van der Waals surface area contributed by atoms with Gasteiger partial charge in [-0.25, -0.2) is 0 Å². The third kappa shape index (κ3) is 3.08. The van der Waals surface area contributed by atoms with E-state index < -0.39 is 6.10 Å². The summed E-state index contributed by atoms with van der Waals surface area (Å²) in [6.45, 7) is 3.03. The van der Waals surface area contributed by atoms with Gasteiger partial charge in [0.15, 0.2) is 0 Å². The van der Waals surface area contributed by atoms with Crippen LogP contribution in [0.4, 0.5) is 0 Å². The molecule has 0 spiro atoms. The fourth-order valence-electron chi connectivity index (χ4n) is 2.32. The molecule has 3 rings (SSSR count). The zero-order chi connectivity index (χ0) is 14.8. The highest BCUT2D eigenvalue weighted by molar-refractivity contribution is 5.76. The van der Waals surface area contributed by atoms with Crippen LogP contribution in [0.1, 0.15) is 12.0 Å². The molecule has 0 aliphatic carbocycles. The molecule has 7 nitrogen and oxygen atoms in total. The summed E-state index contributed by atoms with van der Waals surface area (Å²) in [5.74, 6) is 0.406. The molecular formula is C14H17N5O2.